The Morgan fingerprint density at radius 3 is 2.50 bits per heavy atom. The predicted octanol–water partition coefficient (Wildman–Crippen LogP) is 5.29. The molecule has 0 radical (unpaired) electrons. The van der Waals surface area contributed by atoms with Crippen molar-refractivity contribution in [1.82, 2.24) is 19.0 Å². The van der Waals surface area contributed by atoms with Crippen LogP contribution in [0.15, 0.2) is 59.5 Å². The lowest BCUT2D eigenvalue weighted by Gasteiger charge is -2.26. The van der Waals surface area contributed by atoms with Crippen molar-refractivity contribution in [3.8, 4) is 11.6 Å². The fourth-order valence-electron chi connectivity index (χ4n) is 4.74. The van der Waals surface area contributed by atoms with E-state index in [9.17, 15) is 9.59 Å². The number of ether oxygens (including phenoxy) is 2. The summed E-state index contributed by atoms with van der Waals surface area (Å²) in [6.45, 7) is 7.13. The second-order valence-corrected chi connectivity index (χ2v) is 10.9. The van der Waals surface area contributed by atoms with Crippen molar-refractivity contribution in [2.45, 2.75) is 45.8 Å². The lowest BCUT2D eigenvalue weighted by atomic mass is 10.1. The molecule has 0 saturated carbocycles. The van der Waals surface area contributed by atoms with Gasteiger partial charge < -0.3 is 18.9 Å². The van der Waals surface area contributed by atoms with Crippen LogP contribution in [0.3, 0.4) is 0 Å². The Balaban J connectivity index is 1.35. The van der Waals surface area contributed by atoms with Gasteiger partial charge in [-0.3, -0.25) is 9.36 Å². The molecule has 5 rings (SSSR count). The van der Waals surface area contributed by atoms with E-state index in [1.807, 2.05) is 52.1 Å². The second kappa shape index (κ2) is 10.2. The molecule has 1 aliphatic heterocycles. The smallest absolute Gasteiger partial charge is 0.410 e. The first-order chi connectivity index (χ1) is 18.1. The summed E-state index contributed by atoms with van der Waals surface area (Å²) < 4.78 is 14.9. The fraction of sp³-hybridized carbons (Fsp3) is 0.345. The first-order valence-electron chi connectivity index (χ1n) is 12.6. The molecule has 0 saturated heterocycles. The van der Waals surface area contributed by atoms with Crippen LogP contribution >= 0.6 is 11.6 Å². The van der Waals surface area contributed by atoms with Crippen LogP contribution in [0.4, 0.5) is 4.79 Å². The fourth-order valence-corrected chi connectivity index (χ4v) is 4.87. The molecule has 38 heavy (non-hydrogen) atoms. The van der Waals surface area contributed by atoms with E-state index in [2.05, 4.69) is 4.57 Å². The zero-order valence-electron chi connectivity index (χ0n) is 22.0. The molecule has 1 aromatic carbocycles. The number of fused-ring (bicyclic) bond motifs is 3. The number of hydrogen-bond acceptors (Lipinski definition) is 5. The van der Waals surface area contributed by atoms with Crippen LogP contribution in [-0.2, 0) is 31.2 Å². The number of carbonyl (C=O) groups is 1. The number of hydrogen-bond donors (Lipinski definition) is 0. The highest BCUT2D eigenvalue weighted by Gasteiger charge is 2.27. The number of carbonyl (C=O) groups excluding carboxylic acids is 1. The SMILES string of the molecule is Cn1c2c(c3ccc(-n4ccc(OCc5ccc(Cl)cc5)cc4=O)nc31)CCN(C(=O)OC(C)(C)C)CC2. The van der Waals surface area contributed by atoms with Gasteiger partial charge in [0.15, 0.2) is 0 Å². The van der Waals surface area contributed by atoms with Crippen molar-refractivity contribution in [2.75, 3.05) is 13.1 Å². The van der Waals surface area contributed by atoms with E-state index >= 15 is 0 Å². The number of pyridine rings is 2. The molecular weight excluding hydrogens is 504 g/mol. The summed E-state index contributed by atoms with van der Waals surface area (Å²) in [4.78, 5) is 32.2. The molecule has 1 amide bonds. The number of nitrogens with zero attached hydrogens (tertiary/aromatic N) is 4. The van der Waals surface area contributed by atoms with Crippen LogP contribution in [0, 0.1) is 0 Å². The lowest BCUT2D eigenvalue weighted by Crippen LogP contribution is -2.38. The Labute approximate surface area is 226 Å². The Morgan fingerprint density at radius 2 is 1.79 bits per heavy atom. The largest absolute Gasteiger partial charge is 0.489 e. The normalized spacial score (nSPS) is 13.8. The van der Waals surface area contributed by atoms with Crippen molar-refractivity contribution in [3.05, 3.63) is 86.9 Å². The second-order valence-electron chi connectivity index (χ2n) is 10.5. The third-order valence-corrected chi connectivity index (χ3v) is 6.87. The number of aromatic nitrogens is 3. The van der Waals surface area contributed by atoms with Crippen LogP contribution < -0.4 is 10.3 Å². The van der Waals surface area contributed by atoms with Crippen molar-refractivity contribution < 1.29 is 14.3 Å². The van der Waals surface area contributed by atoms with E-state index in [-0.39, 0.29) is 11.7 Å². The summed E-state index contributed by atoms with van der Waals surface area (Å²) in [5.41, 5.74) is 3.35. The van der Waals surface area contributed by atoms with Gasteiger partial charge in [0.1, 0.15) is 29.4 Å². The Morgan fingerprint density at radius 1 is 1.05 bits per heavy atom. The van der Waals surface area contributed by atoms with Gasteiger partial charge in [0.25, 0.3) is 5.56 Å². The molecule has 0 aliphatic carbocycles. The Bertz CT molecular complexity index is 1550. The highest BCUT2D eigenvalue weighted by molar-refractivity contribution is 6.30. The Kier molecular flexibility index (Phi) is 6.92. The maximum absolute atomic E-state index is 12.9. The van der Waals surface area contributed by atoms with Gasteiger partial charge in [-0.25, -0.2) is 9.78 Å². The van der Waals surface area contributed by atoms with Gasteiger partial charge in [-0.1, -0.05) is 23.7 Å². The number of amides is 1. The van der Waals surface area contributed by atoms with Gasteiger partial charge in [0, 0.05) is 54.9 Å². The molecule has 0 atom stereocenters. The van der Waals surface area contributed by atoms with E-state index in [4.69, 9.17) is 26.1 Å². The maximum Gasteiger partial charge on any atom is 0.410 e. The number of benzene rings is 1. The summed E-state index contributed by atoms with van der Waals surface area (Å²) in [5, 5.41) is 1.70. The molecule has 0 unspecified atom stereocenters. The molecular formula is C29H31ClN4O4. The third kappa shape index (κ3) is 5.41. The van der Waals surface area contributed by atoms with Crippen molar-refractivity contribution in [2.24, 2.45) is 7.05 Å². The third-order valence-electron chi connectivity index (χ3n) is 6.62. The highest BCUT2D eigenvalue weighted by atomic mass is 35.5. The number of rotatable bonds is 4. The molecule has 3 aromatic heterocycles. The summed E-state index contributed by atoms with van der Waals surface area (Å²) in [7, 11) is 1.98. The van der Waals surface area contributed by atoms with Gasteiger partial charge in [-0.2, -0.15) is 0 Å². The standard InChI is InChI=1S/C29H31ClN4O4/c1-29(2,3)38-28(36)33-14-12-22-23-9-10-25(31-27(23)32(4)24(22)13-15-33)34-16-11-21(17-26(34)35)37-18-19-5-7-20(30)8-6-19/h5-11,16-17H,12-15,18H2,1-4H3. The van der Waals surface area contributed by atoms with Crippen LogP contribution in [0.25, 0.3) is 16.9 Å². The van der Waals surface area contributed by atoms with Crippen molar-refractivity contribution in [3.63, 3.8) is 0 Å². The molecule has 8 nitrogen and oxygen atoms in total. The van der Waals surface area contributed by atoms with E-state index in [1.54, 1.807) is 29.3 Å². The average molecular weight is 535 g/mol. The Hall–Kier alpha value is -3.78. The predicted molar refractivity (Wildman–Crippen MR) is 147 cm³/mol. The minimum Gasteiger partial charge on any atom is -0.489 e. The average Bonchev–Trinajstić information content (AvgIpc) is 3.00. The van der Waals surface area contributed by atoms with E-state index < -0.39 is 5.60 Å². The van der Waals surface area contributed by atoms with Crippen molar-refractivity contribution in [1.29, 1.82) is 0 Å². The van der Waals surface area contributed by atoms with Crippen LogP contribution in [0.5, 0.6) is 5.75 Å². The van der Waals surface area contributed by atoms with Crippen LogP contribution in [-0.4, -0.2) is 43.8 Å². The van der Waals surface area contributed by atoms with Gasteiger partial charge in [0.05, 0.1) is 0 Å². The summed E-state index contributed by atoms with van der Waals surface area (Å²) >= 11 is 5.93. The summed E-state index contributed by atoms with van der Waals surface area (Å²) in [6, 6.07) is 14.5. The van der Waals surface area contributed by atoms with Gasteiger partial charge in [0.2, 0.25) is 0 Å². The molecule has 0 fully saturated rings. The zero-order valence-corrected chi connectivity index (χ0v) is 22.8. The summed E-state index contributed by atoms with van der Waals surface area (Å²) in [5.74, 6) is 1.03. The van der Waals surface area contributed by atoms with E-state index in [0.717, 1.165) is 22.3 Å². The van der Waals surface area contributed by atoms with Crippen LogP contribution in [0.2, 0.25) is 5.02 Å². The minimum atomic E-state index is -0.525. The molecule has 0 spiro atoms. The molecule has 4 heterocycles. The first-order valence-corrected chi connectivity index (χ1v) is 13.0. The number of halogens is 1. The first kappa shape index (κ1) is 25.9. The molecule has 198 valence electrons. The quantitative estimate of drug-likeness (QED) is 0.355. The lowest BCUT2D eigenvalue weighted by molar-refractivity contribution is 0.0258. The van der Waals surface area contributed by atoms with Crippen molar-refractivity contribution >= 4 is 28.7 Å². The van der Waals surface area contributed by atoms with Gasteiger partial charge in [-0.15, -0.1) is 0 Å². The maximum atomic E-state index is 12.9. The monoisotopic (exact) mass is 534 g/mol. The van der Waals surface area contributed by atoms with Gasteiger partial charge >= 0.3 is 6.09 Å². The highest BCUT2D eigenvalue weighted by Crippen LogP contribution is 2.29. The molecule has 0 bridgehead atoms. The zero-order chi connectivity index (χ0) is 27.0. The number of aryl methyl sites for hydroxylation is 1. The van der Waals surface area contributed by atoms with Gasteiger partial charge in [-0.05, 0) is 68.7 Å². The van der Waals surface area contributed by atoms with E-state index in [1.165, 1.54) is 16.2 Å². The molecule has 4 aromatic rings. The topological polar surface area (TPSA) is 78.6 Å². The molecule has 0 N–H and O–H groups in total. The summed E-state index contributed by atoms with van der Waals surface area (Å²) in [6.07, 6.45) is 2.82. The minimum absolute atomic E-state index is 0.228. The molecule has 1 aliphatic rings. The molecule has 9 heteroatoms. The van der Waals surface area contributed by atoms with Crippen LogP contribution in [0.1, 0.15) is 37.6 Å². The van der Waals surface area contributed by atoms with E-state index in [0.29, 0.717) is 49.1 Å².